The SMILES string of the molecule is COC(=O)C1(NC(=O)c2cnc(SC)[nH]c2=O)CCSCC1. The first-order valence-corrected chi connectivity index (χ1v) is 9.02. The van der Waals surface area contributed by atoms with Crippen molar-refractivity contribution in [2.75, 3.05) is 24.9 Å². The first-order valence-electron chi connectivity index (χ1n) is 6.64. The van der Waals surface area contributed by atoms with E-state index >= 15 is 0 Å². The van der Waals surface area contributed by atoms with Crippen LogP contribution in [0.15, 0.2) is 16.1 Å². The molecule has 2 rings (SSSR count). The molecule has 0 atom stereocenters. The number of hydrogen-bond acceptors (Lipinski definition) is 7. The number of esters is 1. The van der Waals surface area contributed by atoms with E-state index in [4.69, 9.17) is 4.74 Å². The maximum atomic E-state index is 12.4. The maximum Gasteiger partial charge on any atom is 0.331 e. The number of rotatable bonds is 4. The predicted octanol–water partition coefficient (Wildman–Crippen LogP) is 0.660. The Balaban J connectivity index is 2.25. The summed E-state index contributed by atoms with van der Waals surface area (Å²) in [6, 6.07) is 0. The number of hydrogen-bond donors (Lipinski definition) is 2. The highest BCUT2D eigenvalue weighted by Crippen LogP contribution is 2.28. The Labute approximate surface area is 136 Å². The van der Waals surface area contributed by atoms with E-state index in [9.17, 15) is 14.4 Å². The molecule has 0 saturated carbocycles. The van der Waals surface area contributed by atoms with E-state index in [0.29, 0.717) is 18.0 Å². The highest BCUT2D eigenvalue weighted by atomic mass is 32.2. The van der Waals surface area contributed by atoms with Crippen molar-refractivity contribution in [1.82, 2.24) is 15.3 Å². The summed E-state index contributed by atoms with van der Waals surface area (Å²) in [5, 5.41) is 3.11. The van der Waals surface area contributed by atoms with Gasteiger partial charge in [-0.05, 0) is 30.6 Å². The summed E-state index contributed by atoms with van der Waals surface area (Å²) in [7, 11) is 1.29. The highest BCUT2D eigenvalue weighted by Gasteiger charge is 2.42. The molecule has 0 spiro atoms. The second-order valence-corrected chi connectivity index (χ2v) is 6.80. The lowest BCUT2D eigenvalue weighted by molar-refractivity contribution is -0.148. The summed E-state index contributed by atoms with van der Waals surface area (Å²) in [4.78, 5) is 42.9. The number of aromatic amines is 1. The third-order valence-electron chi connectivity index (χ3n) is 3.49. The molecule has 120 valence electrons. The van der Waals surface area contributed by atoms with Gasteiger partial charge in [0.05, 0.1) is 7.11 Å². The number of H-pyrrole nitrogens is 1. The molecule has 1 aromatic heterocycles. The topological polar surface area (TPSA) is 101 Å². The molecule has 0 unspecified atom stereocenters. The number of aromatic nitrogens is 2. The van der Waals surface area contributed by atoms with Gasteiger partial charge in [0.1, 0.15) is 11.1 Å². The lowest BCUT2D eigenvalue weighted by Gasteiger charge is -2.34. The van der Waals surface area contributed by atoms with Gasteiger partial charge in [-0.25, -0.2) is 9.78 Å². The molecule has 2 N–H and O–H groups in total. The van der Waals surface area contributed by atoms with Gasteiger partial charge < -0.3 is 15.0 Å². The zero-order chi connectivity index (χ0) is 16.2. The molecule has 0 aromatic carbocycles. The average molecular weight is 343 g/mol. The average Bonchev–Trinajstić information content (AvgIpc) is 2.54. The molecule has 1 saturated heterocycles. The van der Waals surface area contributed by atoms with E-state index in [1.165, 1.54) is 25.1 Å². The zero-order valence-electron chi connectivity index (χ0n) is 12.3. The summed E-state index contributed by atoms with van der Waals surface area (Å²) in [5.41, 5.74) is -1.71. The van der Waals surface area contributed by atoms with E-state index in [1.807, 2.05) is 0 Å². The van der Waals surface area contributed by atoms with Crippen molar-refractivity contribution in [3.8, 4) is 0 Å². The van der Waals surface area contributed by atoms with Gasteiger partial charge in [-0.1, -0.05) is 11.8 Å². The number of nitrogens with zero attached hydrogens (tertiary/aromatic N) is 1. The van der Waals surface area contributed by atoms with E-state index in [-0.39, 0.29) is 5.56 Å². The summed E-state index contributed by atoms with van der Waals surface area (Å²) in [6.07, 6.45) is 3.95. The summed E-state index contributed by atoms with van der Waals surface area (Å²) in [5.74, 6) is 0.398. The monoisotopic (exact) mass is 343 g/mol. The zero-order valence-corrected chi connectivity index (χ0v) is 13.9. The fourth-order valence-corrected chi connectivity index (χ4v) is 3.77. The summed E-state index contributed by atoms with van der Waals surface area (Å²) < 4.78 is 4.83. The second-order valence-electron chi connectivity index (χ2n) is 4.78. The van der Waals surface area contributed by atoms with Crippen molar-refractivity contribution in [2.45, 2.75) is 23.5 Å². The van der Waals surface area contributed by atoms with Crippen molar-refractivity contribution < 1.29 is 14.3 Å². The molecule has 0 bridgehead atoms. The van der Waals surface area contributed by atoms with Crippen LogP contribution in [0.2, 0.25) is 0 Å². The van der Waals surface area contributed by atoms with Crippen LogP contribution < -0.4 is 10.9 Å². The number of carbonyl (C=O) groups excluding carboxylic acids is 2. The van der Waals surface area contributed by atoms with Gasteiger partial charge in [-0.2, -0.15) is 11.8 Å². The Morgan fingerprint density at radius 2 is 2.14 bits per heavy atom. The molecule has 1 aromatic rings. The summed E-state index contributed by atoms with van der Waals surface area (Å²) in [6.45, 7) is 0. The quantitative estimate of drug-likeness (QED) is 0.470. The van der Waals surface area contributed by atoms with E-state index < -0.39 is 23.0 Å². The van der Waals surface area contributed by atoms with Crippen LogP contribution in [0.25, 0.3) is 0 Å². The minimum absolute atomic E-state index is 0.112. The normalized spacial score (nSPS) is 16.8. The second kappa shape index (κ2) is 7.19. The molecule has 9 heteroatoms. The van der Waals surface area contributed by atoms with Crippen molar-refractivity contribution in [1.29, 1.82) is 0 Å². The fraction of sp³-hybridized carbons (Fsp3) is 0.538. The van der Waals surface area contributed by atoms with Gasteiger partial charge in [0.15, 0.2) is 5.16 Å². The Bertz CT molecular complexity index is 626. The van der Waals surface area contributed by atoms with Crippen LogP contribution in [0, 0.1) is 0 Å². The Morgan fingerprint density at radius 3 is 2.68 bits per heavy atom. The van der Waals surface area contributed by atoms with E-state index in [2.05, 4.69) is 15.3 Å². The summed E-state index contributed by atoms with van der Waals surface area (Å²) >= 11 is 2.99. The molecule has 1 aliphatic heterocycles. The molecule has 22 heavy (non-hydrogen) atoms. The van der Waals surface area contributed by atoms with Crippen molar-refractivity contribution in [2.24, 2.45) is 0 Å². The number of ether oxygens (including phenoxy) is 1. The lowest BCUT2D eigenvalue weighted by Crippen LogP contribution is -2.57. The van der Waals surface area contributed by atoms with Crippen LogP contribution in [0.4, 0.5) is 0 Å². The van der Waals surface area contributed by atoms with Gasteiger partial charge in [0, 0.05) is 6.20 Å². The molecule has 1 fully saturated rings. The number of carbonyl (C=O) groups is 2. The number of thioether (sulfide) groups is 2. The van der Waals surface area contributed by atoms with Crippen LogP contribution in [-0.2, 0) is 9.53 Å². The predicted molar refractivity (Wildman–Crippen MR) is 85.4 cm³/mol. The maximum absolute atomic E-state index is 12.4. The highest BCUT2D eigenvalue weighted by molar-refractivity contribution is 7.99. The first kappa shape index (κ1) is 16.9. The third-order valence-corrected chi connectivity index (χ3v) is 5.07. The fourth-order valence-electron chi connectivity index (χ4n) is 2.22. The minimum Gasteiger partial charge on any atom is -0.467 e. The number of methoxy groups -OCH3 is 1. The Kier molecular flexibility index (Phi) is 5.52. The molecule has 0 aliphatic carbocycles. The molecule has 1 aliphatic rings. The van der Waals surface area contributed by atoms with Crippen LogP contribution in [-0.4, -0.2) is 52.3 Å². The largest absolute Gasteiger partial charge is 0.467 e. The standard InChI is InChI=1S/C13H17N3O4S2/c1-20-11(19)13(3-5-22-6-4-13)16-10(18)8-7-14-12(21-2)15-9(8)17/h7H,3-6H2,1-2H3,(H,16,18)(H,14,15,17). The third kappa shape index (κ3) is 3.46. The van der Waals surface area contributed by atoms with Crippen molar-refractivity contribution in [3.05, 3.63) is 22.1 Å². The van der Waals surface area contributed by atoms with E-state index in [1.54, 1.807) is 18.0 Å². The minimum atomic E-state index is -1.07. The van der Waals surface area contributed by atoms with Gasteiger partial charge in [0.2, 0.25) is 0 Å². The molecule has 2 heterocycles. The number of nitrogens with one attached hydrogen (secondary N) is 2. The molecule has 0 radical (unpaired) electrons. The number of amides is 1. The molecular formula is C13H17N3O4S2. The van der Waals surface area contributed by atoms with Crippen LogP contribution in [0.5, 0.6) is 0 Å². The molecule has 1 amide bonds. The van der Waals surface area contributed by atoms with Crippen LogP contribution in [0.3, 0.4) is 0 Å². The first-order chi connectivity index (χ1) is 10.5. The van der Waals surface area contributed by atoms with Gasteiger partial charge in [-0.3, -0.25) is 9.59 Å². The van der Waals surface area contributed by atoms with E-state index in [0.717, 1.165) is 11.5 Å². The van der Waals surface area contributed by atoms with Gasteiger partial charge >= 0.3 is 5.97 Å². The van der Waals surface area contributed by atoms with Crippen molar-refractivity contribution in [3.63, 3.8) is 0 Å². The molecule has 7 nitrogen and oxygen atoms in total. The van der Waals surface area contributed by atoms with Gasteiger partial charge in [-0.15, -0.1) is 0 Å². The smallest absolute Gasteiger partial charge is 0.331 e. The van der Waals surface area contributed by atoms with Crippen LogP contribution >= 0.6 is 23.5 Å². The lowest BCUT2D eigenvalue weighted by atomic mass is 9.92. The molecular weight excluding hydrogens is 326 g/mol. The van der Waals surface area contributed by atoms with Crippen LogP contribution in [0.1, 0.15) is 23.2 Å². The van der Waals surface area contributed by atoms with Gasteiger partial charge in [0.25, 0.3) is 11.5 Å². The Hall–Kier alpha value is -1.48. The Morgan fingerprint density at radius 1 is 1.45 bits per heavy atom. The van der Waals surface area contributed by atoms with Crippen molar-refractivity contribution >= 4 is 35.4 Å².